The molecule has 2 N–H and O–H groups in total. The first-order chi connectivity index (χ1) is 9.47. The molecule has 20 heavy (non-hydrogen) atoms. The van der Waals surface area contributed by atoms with Crippen LogP contribution < -0.4 is 5.43 Å². The smallest absolute Gasteiger partial charge is 0.281 e. The van der Waals surface area contributed by atoms with E-state index >= 15 is 0 Å². The Kier molecular flexibility index (Phi) is 5.36. The van der Waals surface area contributed by atoms with Gasteiger partial charge < -0.3 is 5.11 Å². The number of benzene rings is 1. The molecule has 4 nitrogen and oxygen atoms in total. The van der Waals surface area contributed by atoms with E-state index in [0.29, 0.717) is 14.9 Å². The Morgan fingerprint density at radius 1 is 1.30 bits per heavy atom. The van der Waals surface area contributed by atoms with Crippen LogP contribution in [-0.4, -0.2) is 17.2 Å². The van der Waals surface area contributed by atoms with E-state index in [1.807, 2.05) is 0 Å². The molecule has 0 radical (unpaired) electrons. The van der Waals surface area contributed by atoms with Crippen LogP contribution in [0.4, 0.5) is 0 Å². The average Bonchev–Trinajstić information content (AvgIpc) is 2.81. The summed E-state index contributed by atoms with van der Waals surface area (Å²) >= 11 is 11.1. The Hall–Kier alpha value is -0.700. The topological polar surface area (TPSA) is 61.7 Å². The maximum absolute atomic E-state index is 11.8. The highest BCUT2D eigenvalue weighted by Crippen LogP contribution is 2.30. The molecule has 1 aromatic carbocycles. The van der Waals surface area contributed by atoms with Crippen molar-refractivity contribution >= 4 is 71.2 Å². The van der Waals surface area contributed by atoms with Gasteiger partial charge >= 0.3 is 0 Å². The van der Waals surface area contributed by atoms with Crippen LogP contribution in [-0.2, 0) is 0 Å². The number of halogens is 3. The van der Waals surface area contributed by atoms with Gasteiger partial charge in [0.05, 0.1) is 19.4 Å². The molecule has 1 aromatic heterocycles. The van der Waals surface area contributed by atoms with Crippen molar-refractivity contribution in [2.24, 2.45) is 5.10 Å². The highest BCUT2D eigenvalue weighted by molar-refractivity contribution is 9.11. The number of phenolic OH excluding ortho intramolecular Hbond substituents is 1. The summed E-state index contributed by atoms with van der Waals surface area (Å²) in [6.07, 6.45) is 1.38. The molecule has 8 heteroatoms. The Labute approximate surface area is 144 Å². The fourth-order valence-corrected chi connectivity index (χ4v) is 3.87. The van der Waals surface area contributed by atoms with E-state index in [1.165, 1.54) is 17.6 Å². The van der Waals surface area contributed by atoms with Gasteiger partial charge in [0.1, 0.15) is 5.75 Å². The van der Waals surface area contributed by atoms with Gasteiger partial charge in [-0.3, -0.25) is 4.79 Å². The van der Waals surface area contributed by atoms with Gasteiger partial charge in [-0.25, -0.2) is 5.43 Å². The lowest BCUT2D eigenvalue weighted by Gasteiger charge is -2.02. The van der Waals surface area contributed by atoms with Crippen LogP contribution in [0, 0.1) is 0 Å². The van der Waals surface area contributed by atoms with Gasteiger partial charge in [-0.2, -0.15) is 5.10 Å². The molecule has 104 valence electrons. The molecule has 0 atom stereocenters. The van der Waals surface area contributed by atoms with Crippen LogP contribution in [0.2, 0.25) is 0 Å². The van der Waals surface area contributed by atoms with Crippen LogP contribution in [0.25, 0.3) is 0 Å². The molecule has 2 rings (SSSR count). The first kappa shape index (κ1) is 15.7. The lowest BCUT2D eigenvalue weighted by molar-refractivity contribution is 0.0959. The van der Waals surface area contributed by atoms with Gasteiger partial charge in [-0.1, -0.05) is 15.9 Å². The van der Waals surface area contributed by atoms with Gasteiger partial charge in [-0.15, -0.1) is 11.3 Å². The van der Waals surface area contributed by atoms with E-state index in [0.717, 1.165) is 8.26 Å². The van der Waals surface area contributed by atoms with E-state index in [2.05, 4.69) is 58.3 Å². The quantitative estimate of drug-likeness (QED) is 0.499. The summed E-state index contributed by atoms with van der Waals surface area (Å²) < 4.78 is 2.21. The molecule has 0 fully saturated rings. The van der Waals surface area contributed by atoms with Crippen LogP contribution in [0.5, 0.6) is 5.75 Å². The molecule has 0 aliphatic carbocycles. The van der Waals surface area contributed by atoms with Crippen molar-refractivity contribution in [2.75, 3.05) is 0 Å². The number of rotatable bonds is 3. The van der Waals surface area contributed by atoms with Gasteiger partial charge in [0.2, 0.25) is 0 Å². The van der Waals surface area contributed by atoms with Crippen molar-refractivity contribution in [3.05, 3.63) is 47.4 Å². The van der Waals surface area contributed by atoms with E-state index in [1.54, 1.807) is 24.3 Å². The number of nitrogens with zero attached hydrogens (tertiary/aromatic N) is 1. The van der Waals surface area contributed by atoms with E-state index < -0.39 is 0 Å². The Balaban J connectivity index is 2.09. The predicted molar refractivity (Wildman–Crippen MR) is 90.6 cm³/mol. The molecular weight excluding hydrogens is 476 g/mol. The van der Waals surface area contributed by atoms with E-state index in [-0.39, 0.29) is 11.7 Å². The van der Waals surface area contributed by atoms with Crippen LogP contribution in [0.15, 0.2) is 42.1 Å². The molecule has 0 aliphatic heterocycles. The normalized spacial score (nSPS) is 10.9. The zero-order valence-corrected chi connectivity index (χ0v) is 15.3. The summed E-state index contributed by atoms with van der Waals surface area (Å²) in [7, 11) is 0. The number of carbonyl (C=O) groups excluding carboxylic acids is 1. The summed E-state index contributed by atoms with van der Waals surface area (Å²) in [4.78, 5) is 12.3. The minimum atomic E-state index is -0.300. The number of nitrogens with one attached hydrogen (secondary N) is 1. The average molecular weight is 483 g/mol. The molecular formula is C12H7Br3N2O2S. The largest absolute Gasteiger partial charge is 0.506 e. The second kappa shape index (κ2) is 6.84. The lowest BCUT2D eigenvalue weighted by atomic mass is 10.2. The van der Waals surface area contributed by atoms with E-state index in [9.17, 15) is 9.90 Å². The fraction of sp³-hybridized carbons (Fsp3) is 0. The lowest BCUT2D eigenvalue weighted by Crippen LogP contribution is -2.16. The Morgan fingerprint density at radius 3 is 2.70 bits per heavy atom. The van der Waals surface area contributed by atoms with Crippen LogP contribution in [0.3, 0.4) is 0 Å². The standard InChI is InChI=1S/C12H7Br3N2O2S/c13-7-3-6(11(18)8(14)4-7)5-16-17-12(19)9-1-2-10(15)20-9/h1-5,18H,(H,17,19)/b16-5-. The molecule has 2 aromatic rings. The highest BCUT2D eigenvalue weighted by atomic mass is 79.9. The van der Waals surface area contributed by atoms with Crippen molar-refractivity contribution in [1.29, 1.82) is 0 Å². The summed E-state index contributed by atoms with van der Waals surface area (Å²) in [6, 6.07) is 6.90. The number of hydrazone groups is 1. The van der Waals surface area contributed by atoms with Gasteiger partial charge in [0, 0.05) is 10.0 Å². The maximum Gasteiger partial charge on any atom is 0.281 e. The summed E-state index contributed by atoms with van der Waals surface area (Å²) in [5, 5.41) is 13.7. The van der Waals surface area contributed by atoms with Crippen molar-refractivity contribution in [1.82, 2.24) is 5.43 Å². The third-order valence-corrected chi connectivity index (χ3v) is 4.91. The molecule has 0 saturated heterocycles. The minimum Gasteiger partial charge on any atom is -0.506 e. The van der Waals surface area contributed by atoms with Gasteiger partial charge in [-0.05, 0) is 56.1 Å². The number of phenols is 1. The molecule has 0 unspecified atom stereocenters. The van der Waals surface area contributed by atoms with Crippen molar-refractivity contribution < 1.29 is 9.90 Å². The second-order valence-electron chi connectivity index (χ2n) is 3.63. The number of thiophene rings is 1. The number of hydrogen-bond donors (Lipinski definition) is 2. The highest BCUT2D eigenvalue weighted by Gasteiger charge is 2.08. The number of carbonyl (C=O) groups is 1. The molecule has 0 spiro atoms. The number of hydrogen-bond acceptors (Lipinski definition) is 4. The van der Waals surface area contributed by atoms with Crippen molar-refractivity contribution in [3.8, 4) is 5.75 Å². The fourth-order valence-electron chi connectivity index (χ4n) is 1.34. The zero-order chi connectivity index (χ0) is 14.7. The van der Waals surface area contributed by atoms with Crippen molar-refractivity contribution in [3.63, 3.8) is 0 Å². The first-order valence-corrected chi connectivity index (χ1v) is 8.43. The number of aromatic hydroxyl groups is 1. The maximum atomic E-state index is 11.8. The minimum absolute atomic E-state index is 0.0602. The zero-order valence-electron chi connectivity index (χ0n) is 9.73. The third-order valence-electron chi connectivity index (χ3n) is 2.22. The Bertz CT molecular complexity index is 685. The number of amides is 1. The summed E-state index contributed by atoms with van der Waals surface area (Å²) in [5.74, 6) is -0.240. The summed E-state index contributed by atoms with van der Waals surface area (Å²) in [6.45, 7) is 0. The molecule has 1 heterocycles. The molecule has 0 aliphatic rings. The van der Waals surface area contributed by atoms with Gasteiger partial charge in [0.15, 0.2) is 0 Å². The van der Waals surface area contributed by atoms with Crippen molar-refractivity contribution in [2.45, 2.75) is 0 Å². The Morgan fingerprint density at radius 2 is 2.05 bits per heavy atom. The van der Waals surface area contributed by atoms with E-state index in [4.69, 9.17) is 0 Å². The van der Waals surface area contributed by atoms with Crippen LogP contribution in [0.1, 0.15) is 15.2 Å². The molecule has 0 saturated carbocycles. The third kappa shape index (κ3) is 3.91. The van der Waals surface area contributed by atoms with Crippen LogP contribution >= 0.6 is 59.1 Å². The first-order valence-electron chi connectivity index (χ1n) is 5.24. The summed E-state index contributed by atoms with van der Waals surface area (Å²) in [5.41, 5.74) is 2.89. The monoisotopic (exact) mass is 480 g/mol. The second-order valence-corrected chi connectivity index (χ2v) is 7.86. The molecule has 1 amide bonds. The predicted octanol–water partition coefficient (Wildman–Crippen LogP) is 4.51. The molecule has 0 bridgehead atoms. The SMILES string of the molecule is O=C(N/N=C\c1cc(Br)cc(Br)c1O)c1ccc(Br)s1. The van der Waals surface area contributed by atoms with Gasteiger partial charge in [0.25, 0.3) is 5.91 Å².